The summed E-state index contributed by atoms with van der Waals surface area (Å²) in [4.78, 5) is 10.8. The fraction of sp³-hybridized carbons (Fsp3) is 0.316. The Bertz CT molecular complexity index is 610. The first-order valence-electron chi connectivity index (χ1n) is 7.65. The highest BCUT2D eigenvalue weighted by molar-refractivity contribution is 5.70. The molecule has 116 valence electrons. The van der Waals surface area contributed by atoms with Crippen LogP contribution in [0.15, 0.2) is 54.6 Å². The van der Waals surface area contributed by atoms with Crippen molar-refractivity contribution >= 4 is 5.97 Å². The van der Waals surface area contributed by atoms with Gasteiger partial charge in [0.1, 0.15) is 0 Å². The Kier molecular flexibility index (Phi) is 5.73. The van der Waals surface area contributed by atoms with Gasteiger partial charge in [-0.3, -0.25) is 4.79 Å². The Morgan fingerprint density at radius 3 is 2.41 bits per heavy atom. The maximum Gasteiger partial charge on any atom is 0.307 e. The summed E-state index contributed by atoms with van der Waals surface area (Å²) in [6.07, 6.45) is 0.959. The van der Waals surface area contributed by atoms with Crippen molar-refractivity contribution in [3.8, 4) is 0 Å². The van der Waals surface area contributed by atoms with Crippen LogP contribution in [0.25, 0.3) is 0 Å². The lowest BCUT2D eigenvalue weighted by Gasteiger charge is -2.20. The van der Waals surface area contributed by atoms with Crippen molar-refractivity contribution in [3.63, 3.8) is 0 Å². The summed E-state index contributed by atoms with van der Waals surface area (Å²) in [5, 5.41) is 12.5. The molecule has 0 aliphatic carbocycles. The third kappa shape index (κ3) is 5.01. The second-order valence-corrected chi connectivity index (χ2v) is 5.79. The first kappa shape index (κ1) is 16.2. The molecule has 22 heavy (non-hydrogen) atoms. The van der Waals surface area contributed by atoms with Crippen molar-refractivity contribution in [1.82, 2.24) is 5.32 Å². The lowest BCUT2D eigenvalue weighted by Crippen LogP contribution is -2.30. The highest BCUT2D eigenvalue weighted by Crippen LogP contribution is 2.14. The molecule has 0 radical (unpaired) electrons. The largest absolute Gasteiger partial charge is 0.481 e. The van der Waals surface area contributed by atoms with Crippen molar-refractivity contribution in [1.29, 1.82) is 0 Å². The van der Waals surface area contributed by atoms with E-state index in [2.05, 4.69) is 37.4 Å². The molecule has 0 saturated heterocycles. The fourth-order valence-corrected chi connectivity index (χ4v) is 2.72. The van der Waals surface area contributed by atoms with Crippen molar-refractivity contribution in [2.24, 2.45) is 0 Å². The molecule has 0 amide bonds. The van der Waals surface area contributed by atoms with E-state index in [0.29, 0.717) is 12.1 Å². The zero-order chi connectivity index (χ0) is 15.9. The van der Waals surface area contributed by atoms with Crippen LogP contribution in [0.2, 0.25) is 0 Å². The number of carboxylic acid groups (broad SMARTS) is 1. The van der Waals surface area contributed by atoms with Gasteiger partial charge in [0.05, 0.1) is 6.42 Å². The molecule has 2 atom stereocenters. The number of hydrogen-bond acceptors (Lipinski definition) is 2. The van der Waals surface area contributed by atoms with Crippen LogP contribution in [-0.2, 0) is 17.6 Å². The van der Waals surface area contributed by atoms with Gasteiger partial charge in [-0.25, -0.2) is 0 Å². The summed E-state index contributed by atoms with van der Waals surface area (Å²) in [5.74, 6) is -0.791. The SMILES string of the molecule is C[C@H](N[C@@H](C)Cc1cccc(CC(=O)O)c1)c1ccccc1. The van der Waals surface area contributed by atoms with Gasteiger partial charge in [0.15, 0.2) is 0 Å². The number of hydrogen-bond donors (Lipinski definition) is 2. The molecule has 2 aromatic carbocycles. The van der Waals surface area contributed by atoms with E-state index >= 15 is 0 Å². The highest BCUT2D eigenvalue weighted by atomic mass is 16.4. The molecule has 3 nitrogen and oxygen atoms in total. The van der Waals surface area contributed by atoms with Crippen LogP contribution in [0.5, 0.6) is 0 Å². The zero-order valence-corrected chi connectivity index (χ0v) is 13.1. The summed E-state index contributed by atoms with van der Waals surface area (Å²) in [6, 6.07) is 18.8. The minimum absolute atomic E-state index is 0.0794. The topological polar surface area (TPSA) is 49.3 Å². The normalized spacial score (nSPS) is 13.5. The summed E-state index contributed by atoms with van der Waals surface area (Å²) < 4.78 is 0. The molecular weight excluding hydrogens is 274 g/mol. The van der Waals surface area contributed by atoms with Crippen LogP contribution in [-0.4, -0.2) is 17.1 Å². The molecular formula is C19H23NO2. The van der Waals surface area contributed by atoms with E-state index < -0.39 is 5.97 Å². The number of nitrogens with one attached hydrogen (secondary N) is 1. The Labute approximate surface area is 132 Å². The highest BCUT2D eigenvalue weighted by Gasteiger charge is 2.10. The molecule has 0 spiro atoms. The van der Waals surface area contributed by atoms with Crippen LogP contribution < -0.4 is 5.32 Å². The van der Waals surface area contributed by atoms with Crippen LogP contribution in [0, 0.1) is 0 Å². The molecule has 0 heterocycles. The Hall–Kier alpha value is -2.13. The predicted molar refractivity (Wildman–Crippen MR) is 88.9 cm³/mol. The molecule has 0 saturated carbocycles. The van der Waals surface area contributed by atoms with Gasteiger partial charge in [-0.1, -0.05) is 54.6 Å². The predicted octanol–water partition coefficient (Wildman–Crippen LogP) is 3.60. The number of rotatable bonds is 7. The van der Waals surface area contributed by atoms with Crippen molar-refractivity contribution < 1.29 is 9.90 Å². The molecule has 0 aliphatic heterocycles. The van der Waals surface area contributed by atoms with Gasteiger partial charge in [0.2, 0.25) is 0 Å². The van der Waals surface area contributed by atoms with Crippen LogP contribution in [0.4, 0.5) is 0 Å². The maximum atomic E-state index is 10.8. The summed E-state index contributed by atoms with van der Waals surface area (Å²) >= 11 is 0. The first-order chi connectivity index (χ1) is 10.5. The Morgan fingerprint density at radius 1 is 1.05 bits per heavy atom. The quantitative estimate of drug-likeness (QED) is 0.821. The fourth-order valence-electron chi connectivity index (χ4n) is 2.72. The Balaban J connectivity index is 1.94. The molecule has 0 fully saturated rings. The standard InChI is InChI=1S/C19H23NO2/c1-14(20-15(2)18-9-4-3-5-10-18)11-16-7-6-8-17(12-16)13-19(21)22/h3-10,12,14-15,20H,11,13H2,1-2H3,(H,21,22)/t14-,15-/m0/s1. The van der Waals surface area contributed by atoms with Crippen molar-refractivity contribution in [2.75, 3.05) is 0 Å². The number of carbonyl (C=O) groups is 1. The van der Waals surface area contributed by atoms with Gasteiger partial charge in [0.25, 0.3) is 0 Å². The monoisotopic (exact) mass is 297 g/mol. The van der Waals surface area contributed by atoms with E-state index in [4.69, 9.17) is 5.11 Å². The lowest BCUT2D eigenvalue weighted by molar-refractivity contribution is -0.136. The minimum atomic E-state index is -0.791. The lowest BCUT2D eigenvalue weighted by atomic mass is 10.0. The third-order valence-electron chi connectivity index (χ3n) is 3.72. The second-order valence-electron chi connectivity index (χ2n) is 5.79. The van der Waals surface area contributed by atoms with Crippen LogP contribution >= 0.6 is 0 Å². The molecule has 0 bridgehead atoms. The van der Waals surface area contributed by atoms with Crippen LogP contribution in [0.1, 0.15) is 36.6 Å². The maximum absolute atomic E-state index is 10.8. The van der Waals surface area contributed by atoms with E-state index in [1.807, 2.05) is 36.4 Å². The zero-order valence-electron chi connectivity index (χ0n) is 13.1. The molecule has 2 N–H and O–H groups in total. The van der Waals surface area contributed by atoms with E-state index in [1.165, 1.54) is 11.1 Å². The molecule has 0 unspecified atom stereocenters. The van der Waals surface area contributed by atoms with Crippen LogP contribution in [0.3, 0.4) is 0 Å². The molecule has 2 aromatic rings. The average Bonchev–Trinajstić information content (AvgIpc) is 2.47. The third-order valence-corrected chi connectivity index (χ3v) is 3.72. The summed E-state index contributed by atoms with van der Waals surface area (Å²) in [7, 11) is 0. The molecule has 0 aliphatic rings. The van der Waals surface area contributed by atoms with Gasteiger partial charge in [0, 0.05) is 12.1 Å². The van der Waals surface area contributed by atoms with Gasteiger partial charge in [-0.2, -0.15) is 0 Å². The summed E-state index contributed by atoms with van der Waals surface area (Å²) in [5.41, 5.74) is 3.29. The van der Waals surface area contributed by atoms with Gasteiger partial charge in [-0.15, -0.1) is 0 Å². The van der Waals surface area contributed by atoms with Gasteiger partial charge in [-0.05, 0) is 37.0 Å². The van der Waals surface area contributed by atoms with E-state index in [0.717, 1.165) is 12.0 Å². The number of carboxylic acids is 1. The van der Waals surface area contributed by atoms with E-state index in [1.54, 1.807) is 0 Å². The number of aliphatic carboxylic acids is 1. The smallest absolute Gasteiger partial charge is 0.307 e. The van der Waals surface area contributed by atoms with E-state index in [-0.39, 0.29) is 6.42 Å². The second kappa shape index (κ2) is 7.76. The number of benzene rings is 2. The van der Waals surface area contributed by atoms with Gasteiger partial charge < -0.3 is 10.4 Å². The minimum Gasteiger partial charge on any atom is -0.481 e. The Morgan fingerprint density at radius 2 is 1.73 bits per heavy atom. The summed E-state index contributed by atoms with van der Waals surface area (Å²) in [6.45, 7) is 4.32. The van der Waals surface area contributed by atoms with E-state index in [9.17, 15) is 4.79 Å². The molecule has 2 rings (SSSR count). The first-order valence-corrected chi connectivity index (χ1v) is 7.65. The van der Waals surface area contributed by atoms with Gasteiger partial charge >= 0.3 is 5.97 Å². The molecule has 0 aromatic heterocycles. The van der Waals surface area contributed by atoms with Crippen molar-refractivity contribution in [2.45, 2.75) is 38.8 Å². The molecule has 3 heteroatoms. The average molecular weight is 297 g/mol. The van der Waals surface area contributed by atoms with Crippen molar-refractivity contribution in [3.05, 3.63) is 71.3 Å².